The molecule has 4 aromatic rings. The molecule has 0 radical (unpaired) electrons. The predicted octanol–water partition coefficient (Wildman–Crippen LogP) is 5.16. The Hall–Kier alpha value is -3.99. The normalized spacial score (nSPS) is 10.6. The van der Waals surface area contributed by atoms with Gasteiger partial charge in [0.15, 0.2) is 5.78 Å². The number of pyridine rings is 1. The van der Waals surface area contributed by atoms with E-state index in [1.807, 2.05) is 48.5 Å². The minimum atomic E-state index is -0.152. The maximum atomic E-state index is 12.5. The molecule has 0 bridgehead atoms. The lowest BCUT2D eigenvalue weighted by molar-refractivity contribution is 0.0950. The molecule has 0 saturated carbocycles. The number of ether oxygens (including phenoxy) is 1. The highest BCUT2D eigenvalue weighted by atomic mass is 16.5. The van der Waals surface area contributed by atoms with E-state index < -0.39 is 0 Å². The molecule has 0 spiro atoms. The van der Waals surface area contributed by atoms with Gasteiger partial charge in [-0.25, -0.2) is 0 Å². The summed E-state index contributed by atoms with van der Waals surface area (Å²) in [6.07, 6.45) is 1.73. The molecule has 0 unspecified atom stereocenters. The fraction of sp³-hybridized carbons (Fsp3) is 0.0800. The van der Waals surface area contributed by atoms with Gasteiger partial charge in [-0.3, -0.25) is 14.6 Å². The molecule has 0 saturated heterocycles. The molecule has 5 heteroatoms. The van der Waals surface area contributed by atoms with Gasteiger partial charge in [0.1, 0.15) is 11.5 Å². The van der Waals surface area contributed by atoms with E-state index in [0.29, 0.717) is 29.2 Å². The number of nitrogens with one attached hydrogen (secondary N) is 1. The van der Waals surface area contributed by atoms with Crippen LogP contribution in [0.3, 0.4) is 0 Å². The van der Waals surface area contributed by atoms with E-state index in [0.717, 1.165) is 16.5 Å². The number of hydrogen-bond acceptors (Lipinski definition) is 4. The molecule has 4 rings (SSSR count). The second kappa shape index (κ2) is 8.57. The van der Waals surface area contributed by atoms with Crippen molar-refractivity contribution in [3.05, 3.63) is 102 Å². The monoisotopic (exact) mass is 396 g/mol. The SMILES string of the molecule is CC(=O)c1cccc(Oc2cccc(CNC(=O)c3ccc4ncccc4c3)c2)c1. The number of rotatable bonds is 6. The molecule has 5 nitrogen and oxygen atoms in total. The molecule has 148 valence electrons. The van der Waals surface area contributed by atoms with E-state index >= 15 is 0 Å². The molecule has 1 N–H and O–H groups in total. The molecule has 1 heterocycles. The molecule has 0 aliphatic heterocycles. The van der Waals surface area contributed by atoms with Crippen LogP contribution in [0.2, 0.25) is 0 Å². The number of carbonyl (C=O) groups excluding carboxylic acids is 2. The molecule has 3 aromatic carbocycles. The summed E-state index contributed by atoms with van der Waals surface area (Å²) in [6, 6.07) is 23.8. The third kappa shape index (κ3) is 4.52. The van der Waals surface area contributed by atoms with Crippen molar-refractivity contribution in [2.24, 2.45) is 0 Å². The first-order valence-electron chi connectivity index (χ1n) is 9.59. The third-order valence-corrected chi connectivity index (χ3v) is 4.69. The van der Waals surface area contributed by atoms with Crippen LogP contribution in [0.4, 0.5) is 0 Å². The number of amides is 1. The van der Waals surface area contributed by atoms with Crippen molar-refractivity contribution in [1.82, 2.24) is 10.3 Å². The second-order valence-electron chi connectivity index (χ2n) is 6.93. The maximum absolute atomic E-state index is 12.5. The highest BCUT2D eigenvalue weighted by molar-refractivity contribution is 5.97. The summed E-state index contributed by atoms with van der Waals surface area (Å²) in [5, 5.41) is 3.86. The molecular weight excluding hydrogens is 376 g/mol. The van der Waals surface area contributed by atoms with E-state index in [-0.39, 0.29) is 11.7 Å². The van der Waals surface area contributed by atoms with Crippen molar-refractivity contribution in [2.45, 2.75) is 13.5 Å². The molecule has 1 aromatic heterocycles. The molecule has 0 aliphatic rings. The standard InChI is InChI=1S/C25H20N2O3/c1-17(28)19-6-3-9-23(15-19)30-22-8-2-5-18(13-22)16-27-25(29)21-10-11-24-20(14-21)7-4-12-26-24/h2-15H,16H2,1H3,(H,27,29). The van der Waals surface area contributed by atoms with Gasteiger partial charge < -0.3 is 10.1 Å². The van der Waals surface area contributed by atoms with Gasteiger partial charge in [-0.05, 0) is 61.0 Å². The smallest absolute Gasteiger partial charge is 0.251 e. The van der Waals surface area contributed by atoms with Crippen LogP contribution in [0.1, 0.15) is 33.2 Å². The molecule has 0 fully saturated rings. The van der Waals surface area contributed by atoms with Crippen molar-refractivity contribution in [1.29, 1.82) is 0 Å². The number of aromatic nitrogens is 1. The average Bonchev–Trinajstić information content (AvgIpc) is 2.77. The Balaban J connectivity index is 1.43. The van der Waals surface area contributed by atoms with Crippen LogP contribution in [0.25, 0.3) is 10.9 Å². The largest absolute Gasteiger partial charge is 0.457 e. The van der Waals surface area contributed by atoms with Crippen molar-refractivity contribution >= 4 is 22.6 Å². The Morgan fingerprint density at radius 2 is 1.67 bits per heavy atom. The quantitative estimate of drug-likeness (QED) is 0.457. The summed E-state index contributed by atoms with van der Waals surface area (Å²) in [7, 11) is 0. The van der Waals surface area contributed by atoms with Crippen molar-refractivity contribution in [2.75, 3.05) is 0 Å². The highest BCUT2D eigenvalue weighted by Crippen LogP contribution is 2.23. The first-order chi connectivity index (χ1) is 14.6. The molecular formula is C25H20N2O3. The van der Waals surface area contributed by atoms with Gasteiger partial charge in [0.25, 0.3) is 5.91 Å². The lowest BCUT2D eigenvalue weighted by Gasteiger charge is -2.10. The van der Waals surface area contributed by atoms with Crippen LogP contribution in [-0.2, 0) is 6.54 Å². The minimum Gasteiger partial charge on any atom is -0.457 e. The van der Waals surface area contributed by atoms with Gasteiger partial charge in [-0.15, -0.1) is 0 Å². The van der Waals surface area contributed by atoms with E-state index in [1.165, 1.54) is 6.92 Å². The number of nitrogens with zero attached hydrogens (tertiary/aromatic N) is 1. The summed E-state index contributed by atoms with van der Waals surface area (Å²) in [5.74, 6) is 1.07. The number of hydrogen-bond donors (Lipinski definition) is 1. The van der Waals surface area contributed by atoms with Crippen LogP contribution in [-0.4, -0.2) is 16.7 Å². The Morgan fingerprint density at radius 3 is 2.50 bits per heavy atom. The summed E-state index contributed by atoms with van der Waals surface area (Å²) >= 11 is 0. The molecule has 0 atom stereocenters. The summed E-state index contributed by atoms with van der Waals surface area (Å²) in [5.41, 5.74) is 2.95. The van der Waals surface area contributed by atoms with Crippen molar-refractivity contribution in [3.8, 4) is 11.5 Å². The second-order valence-corrected chi connectivity index (χ2v) is 6.93. The van der Waals surface area contributed by atoms with Crippen molar-refractivity contribution < 1.29 is 14.3 Å². The van der Waals surface area contributed by atoms with Crippen LogP contribution < -0.4 is 10.1 Å². The van der Waals surface area contributed by atoms with Crippen LogP contribution in [0.5, 0.6) is 11.5 Å². The zero-order valence-corrected chi connectivity index (χ0v) is 16.5. The van der Waals surface area contributed by atoms with E-state index in [9.17, 15) is 9.59 Å². The van der Waals surface area contributed by atoms with Crippen molar-refractivity contribution in [3.63, 3.8) is 0 Å². The fourth-order valence-electron chi connectivity index (χ4n) is 3.13. The number of Topliss-reactive ketones (excluding diaryl/α,β-unsaturated/α-hetero) is 1. The Labute approximate surface area is 174 Å². The molecule has 0 aliphatic carbocycles. The third-order valence-electron chi connectivity index (χ3n) is 4.69. The van der Waals surface area contributed by atoms with E-state index in [2.05, 4.69) is 10.3 Å². The van der Waals surface area contributed by atoms with Gasteiger partial charge in [-0.1, -0.05) is 30.3 Å². The number of ketones is 1. The Bertz CT molecular complexity index is 1230. The average molecular weight is 396 g/mol. The van der Waals surface area contributed by atoms with Gasteiger partial charge in [0.2, 0.25) is 0 Å². The molecule has 1 amide bonds. The first-order valence-corrected chi connectivity index (χ1v) is 9.59. The maximum Gasteiger partial charge on any atom is 0.251 e. The lowest BCUT2D eigenvalue weighted by atomic mass is 10.1. The van der Waals surface area contributed by atoms with Crippen LogP contribution in [0, 0.1) is 0 Å². The Kier molecular flexibility index (Phi) is 5.52. The minimum absolute atomic E-state index is 0.0126. The highest BCUT2D eigenvalue weighted by Gasteiger charge is 2.08. The summed E-state index contributed by atoms with van der Waals surface area (Å²) in [4.78, 5) is 28.4. The summed E-state index contributed by atoms with van der Waals surface area (Å²) < 4.78 is 5.88. The van der Waals surface area contributed by atoms with E-state index in [4.69, 9.17) is 4.74 Å². The number of fused-ring (bicyclic) bond motifs is 1. The zero-order valence-electron chi connectivity index (χ0n) is 16.5. The Morgan fingerprint density at radius 1 is 0.867 bits per heavy atom. The van der Waals surface area contributed by atoms with Crippen LogP contribution >= 0.6 is 0 Å². The topological polar surface area (TPSA) is 68.3 Å². The first kappa shape index (κ1) is 19.3. The van der Waals surface area contributed by atoms with Gasteiger partial charge in [0.05, 0.1) is 5.52 Å². The van der Waals surface area contributed by atoms with Gasteiger partial charge >= 0.3 is 0 Å². The fourth-order valence-corrected chi connectivity index (χ4v) is 3.13. The predicted molar refractivity (Wildman–Crippen MR) is 116 cm³/mol. The van der Waals surface area contributed by atoms with Crippen LogP contribution in [0.15, 0.2) is 85.1 Å². The van der Waals surface area contributed by atoms with Gasteiger partial charge in [-0.2, -0.15) is 0 Å². The number of benzene rings is 3. The lowest BCUT2D eigenvalue weighted by Crippen LogP contribution is -2.22. The zero-order chi connectivity index (χ0) is 20.9. The molecule has 30 heavy (non-hydrogen) atoms. The van der Waals surface area contributed by atoms with Gasteiger partial charge in [0, 0.05) is 29.3 Å². The van der Waals surface area contributed by atoms with E-state index in [1.54, 1.807) is 36.5 Å². The number of carbonyl (C=O) groups is 2. The summed E-state index contributed by atoms with van der Waals surface area (Å²) in [6.45, 7) is 1.89.